The maximum atomic E-state index is 14.7. The van der Waals surface area contributed by atoms with E-state index >= 15 is 0 Å². The van der Waals surface area contributed by atoms with Gasteiger partial charge in [-0.3, -0.25) is 57.5 Å². The Morgan fingerprint density at radius 3 is 1.51 bits per heavy atom. The Kier molecular flexibility index (Phi) is 31.4. The zero-order chi connectivity index (χ0) is 63.2. The molecule has 0 bridgehead atoms. The second kappa shape index (κ2) is 34.9. The van der Waals surface area contributed by atoms with Crippen LogP contribution in [0.2, 0.25) is 0 Å². The van der Waals surface area contributed by atoms with Crippen molar-refractivity contribution >= 4 is 70.9 Å². The zero-order valence-electron chi connectivity index (χ0n) is 53.2. The summed E-state index contributed by atoms with van der Waals surface area (Å²) in [5.74, 6) is -8.02. The van der Waals surface area contributed by atoms with Gasteiger partial charge in [0.1, 0.15) is 48.3 Å². The molecule has 3 unspecified atom stereocenters. The number of hydrogen-bond acceptors (Lipinski definition) is 12. The fourth-order valence-electron chi connectivity index (χ4n) is 9.76. The molecule has 0 radical (unpaired) electrons. The van der Waals surface area contributed by atoms with Crippen molar-refractivity contribution in [3.63, 3.8) is 0 Å². The van der Waals surface area contributed by atoms with Gasteiger partial charge in [0.15, 0.2) is 0 Å². The van der Waals surface area contributed by atoms with Gasteiger partial charge < -0.3 is 60.9 Å². The summed E-state index contributed by atoms with van der Waals surface area (Å²) in [5.41, 5.74) is 0. The van der Waals surface area contributed by atoms with Crippen molar-refractivity contribution in [1.29, 1.82) is 0 Å². The SMILES string of the molecule is CC(=O)NCCCCCC[C@@H](C)CC1C(=O)NCC(=O)N(C)C(C)C(=O)N(C)[C@@H](CC(C)C)C(=O)NC(C(C)C)C(=O)N(C)CC(=O)N[C@@H](C)C(=O)N[C@H](C)C(=O)N(C)[C@@H](CC(C)C)C(=O)N(C)[C@@H](CC(C)C)C(=O)N(C)CC(=O)N1C. The van der Waals surface area contributed by atoms with Crippen LogP contribution in [0.15, 0.2) is 0 Å². The van der Waals surface area contributed by atoms with Crippen molar-refractivity contribution in [2.24, 2.45) is 29.6 Å². The first kappa shape index (κ1) is 73.7. The summed E-state index contributed by atoms with van der Waals surface area (Å²) in [5, 5.41) is 13.4. The van der Waals surface area contributed by atoms with E-state index in [0.717, 1.165) is 35.5 Å². The van der Waals surface area contributed by atoms with Gasteiger partial charge in [-0.2, -0.15) is 0 Å². The van der Waals surface area contributed by atoms with Gasteiger partial charge in [-0.1, -0.05) is 88.0 Å². The summed E-state index contributed by atoms with van der Waals surface area (Å²) in [7, 11) is 9.96. The van der Waals surface area contributed by atoms with Gasteiger partial charge >= 0.3 is 0 Å². The smallest absolute Gasteiger partial charge is 0.245 e. The number of amides is 12. The molecule has 1 fully saturated rings. The number of nitrogens with zero attached hydrogens (tertiary/aromatic N) is 7. The molecule has 1 aliphatic heterocycles. The lowest BCUT2D eigenvalue weighted by Gasteiger charge is -2.38. The summed E-state index contributed by atoms with van der Waals surface area (Å²) in [4.78, 5) is 175. The van der Waals surface area contributed by atoms with Crippen molar-refractivity contribution in [3.05, 3.63) is 0 Å². The first-order valence-electron chi connectivity index (χ1n) is 29.2. The average molecular weight is 1160 g/mol. The summed E-state index contributed by atoms with van der Waals surface area (Å²) < 4.78 is 0. The van der Waals surface area contributed by atoms with Gasteiger partial charge in [0.2, 0.25) is 70.9 Å². The summed E-state index contributed by atoms with van der Waals surface area (Å²) in [6.45, 7) is 21.4. The first-order valence-corrected chi connectivity index (χ1v) is 29.2. The highest BCUT2D eigenvalue weighted by molar-refractivity contribution is 5.98. The summed E-state index contributed by atoms with van der Waals surface area (Å²) in [6, 6.07) is -9.08. The largest absolute Gasteiger partial charge is 0.356 e. The molecule has 0 aromatic rings. The van der Waals surface area contributed by atoms with Crippen molar-refractivity contribution in [1.82, 2.24) is 60.9 Å². The molecule has 82 heavy (non-hydrogen) atoms. The van der Waals surface area contributed by atoms with Crippen LogP contribution in [0.5, 0.6) is 0 Å². The van der Waals surface area contributed by atoms with Crippen LogP contribution >= 0.6 is 0 Å². The molecule has 24 nitrogen and oxygen atoms in total. The fraction of sp³-hybridized carbons (Fsp3) is 0.793. The standard InChI is InChI=1S/C58H104N12O12/c1-34(2)27-43-53(77)63-50(37(7)8)58(82)64(14)32-47(72)61-39(10)51(75)62-40(11)54(78)69(19)46(29-36(5)6)57(81)70(20)45(28-35(3)4)56(80)65(15)33-49(74)67(17)44(30-38(9)25-23-21-22-24-26-59-42(13)71)52(76)60-31-48(73)66(16)41(12)55(79)68(43)18/h34-41,43-46,50H,21-33H2,1-20H3,(H,59,71)(H,60,76)(H,61,72)(H,62,75)(H,63,77)/t38-,39+,40-,41?,43+,44?,45+,46+,50?/m1/s1. The van der Waals surface area contributed by atoms with Crippen LogP contribution in [0.1, 0.15) is 148 Å². The Bertz CT molecular complexity index is 2210. The second-order valence-electron chi connectivity index (χ2n) is 24.4. The van der Waals surface area contributed by atoms with Crippen LogP contribution in [-0.2, 0) is 57.5 Å². The van der Waals surface area contributed by atoms with Gasteiger partial charge in [-0.25, -0.2) is 0 Å². The second-order valence-corrected chi connectivity index (χ2v) is 24.4. The van der Waals surface area contributed by atoms with Crippen LogP contribution in [0.4, 0.5) is 0 Å². The molecule has 1 rings (SSSR count). The van der Waals surface area contributed by atoms with Gasteiger partial charge in [-0.05, 0) is 82.5 Å². The highest BCUT2D eigenvalue weighted by atomic mass is 16.2. The lowest BCUT2D eigenvalue weighted by molar-refractivity contribution is -0.152. The van der Waals surface area contributed by atoms with E-state index < -0.39 is 139 Å². The molecule has 12 amide bonds. The van der Waals surface area contributed by atoms with Gasteiger partial charge in [0, 0.05) is 62.8 Å². The van der Waals surface area contributed by atoms with Gasteiger partial charge in [0.05, 0.1) is 19.6 Å². The Morgan fingerprint density at radius 2 is 0.976 bits per heavy atom. The zero-order valence-corrected chi connectivity index (χ0v) is 53.2. The molecule has 5 N–H and O–H groups in total. The number of nitrogens with one attached hydrogen (secondary N) is 5. The van der Waals surface area contributed by atoms with Crippen LogP contribution in [-0.4, -0.2) is 229 Å². The van der Waals surface area contributed by atoms with E-state index in [4.69, 9.17) is 0 Å². The van der Waals surface area contributed by atoms with E-state index in [-0.39, 0.29) is 55.3 Å². The highest BCUT2D eigenvalue weighted by Crippen LogP contribution is 2.23. The van der Waals surface area contributed by atoms with Crippen molar-refractivity contribution in [3.8, 4) is 0 Å². The molecule has 1 heterocycles. The number of unbranched alkanes of at least 4 members (excludes halogenated alkanes) is 3. The molecule has 0 aromatic carbocycles. The first-order chi connectivity index (χ1) is 38.0. The third kappa shape index (κ3) is 23.5. The minimum atomic E-state index is -1.19. The molecular weight excluding hydrogens is 1060 g/mol. The van der Waals surface area contributed by atoms with Crippen LogP contribution in [0.3, 0.4) is 0 Å². The predicted octanol–water partition coefficient (Wildman–Crippen LogP) is 1.59. The van der Waals surface area contributed by atoms with E-state index in [1.165, 1.54) is 102 Å². The maximum absolute atomic E-state index is 14.7. The van der Waals surface area contributed by atoms with E-state index in [2.05, 4.69) is 26.6 Å². The highest BCUT2D eigenvalue weighted by Gasteiger charge is 2.40. The van der Waals surface area contributed by atoms with Gasteiger partial charge in [0.25, 0.3) is 0 Å². The van der Waals surface area contributed by atoms with Crippen LogP contribution < -0.4 is 26.6 Å². The monoisotopic (exact) mass is 1160 g/mol. The molecule has 0 spiro atoms. The molecule has 0 saturated carbocycles. The fourth-order valence-corrected chi connectivity index (χ4v) is 9.76. The lowest BCUT2D eigenvalue weighted by Crippen LogP contribution is -2.59. The maximum Gasteiger partial charge on any atom is 0.245 e. The van der Waals surface area contributed by atoms with E-state index in [0.29, 0.717) is 13.0 Å². The van der Waals surface area contributed by atoms with Crippen LogP contribution in [0, 0.1) is 29.6 Å². The molecular formula is C58H104N12O12. The third-order valence-corrected chi connectivity index (χ3v) is 15.2. The number of carbonyl (C=O) groups is 12. The molecule has 1 saturated heterocycles. The van der Waals surface area contributed by atoms with E-state index in [1.807, 2.05) is 48.5 Å². The molecule has 24 heteroatoms. The topological polar surface area (TPSA) is 288 Å². The number of carbonyl (C=O) groups excluding carboxylic acids is 12. The Balaban J connectivity index is 3.92. The minimum absolute atomic E-state index is 0.0951. The number of likely N-dealkylation sites (N-methyl/N-ethyl adjacent to an activating group) is 7. The minimum Gasteiger partial charge on any atom is -0.356 e. The van der Waals surface area contributed by atoms with E-state index in [1.54, 1.807) is 13.8 Å². The average Bonchev–Trinajstić information content (AvgIpc) is 3.55. The number of hydrogen-bond donors (Lipinski definition) is 5. The number of rotatable bonds is 16. The summed E-state index contributed by atoms with van der Waals surface area (Å²) in [6.07, 6.45) is 4.78. The molecule has 0 aliphatic carbocycles. The van der Waals surface area contributed by atoms with Crippen molar-refractivity contribution < 1.29 is 57.5 Å². The lowest BCUT2D eigenvalue weighted by atomic mass is 9.94. The Hall–Kier alpha value is -6.36. The quantitative estimate of drug-likeness (QED) is 0.138. The molecule has 9 atom stereocenters. The molecule has 468 valence electrons. The van der Waals surface area contributed by atoms with E-state index in [9.17, 15) is 57.5 Å². The Labute approximate surface area is 489 Å². The molecule has 1 aliphatic rings. The summed E-state index contributed by atoms with van der Waals surface area (Å²) >= 11 is 0. The molecule has 0 aromatic heterocycles. The van der Waals surface area contributed by atoms with Crippen molar-refractivity contribution in [2.45, 2.75) is 196 Å². The normalized spacial score (nSPS) is 24.9. The van der Waals surface area contributed by atoms with Crippen LogP contribution in [0.25, 0.3) is 0 Å². The van der Waals surface area contributed by atoms with Gasteiger partial charge in [-0.15, -0.1) is 0 Å². The van der Waals surface area contributed by atoms with Crippen molar-refractivity contribution in [2.75, 3.05) is 75.5 Å². The predicted molar refractivity (Wildman–Crippen MR) is 313 cm³/mol. The third-order valence-electron chi connectivity index (χ3n) is 15.2. The Morgan fingerprint density at radius 1 is 0.488 bits per heavy atom.